The first-order valence-electron chi connectivity index (χ1n) is 8.99. The summed E-state index contributed by atoms with van der Waals surface area (Å²) in [4.78, 5) is 18.0. The number of thiazole rings is 1. The number of nitrogens with one attached hydrogen (secondary N) is 1. The summed E-state index contributed by atoms with van der Waals surface area (Å²) in [5.74, 6) is 0.510. The Kier molecular flexibility index (Phi) is 6.20. The third kappa shape index (κ3) is 5.00. The van der Waals surface area contributed by atoms with E-state index in [1.54, 1.807) is 0 Å². The lowest BCUT2D eigenvalue weighted by Crippen LogP contribution is -2.21. The van der Waals surface area contributed by atoms with Crippen molar-refractivity contribution in [2.45, 2.75) is 33.1 Å². The van der Waals surface area contributed by atoms with Crippen molar-refractivity contribution in [3.8, 4) is 17.0 Å². The fourth-order valence-corrected chi connectivity index (χ4v) is 3.95. The molecule has 6 heteroatoms. The molecule has 1 aromatic heterocycles. The maximum absolute atomic E-state index is 12.4. The number of para-hydroxylation sites is 1. The van der Waals surface area contributed by atoms with Crippen LogP contribution in [0, 0.1) is 6.92 Å². The van der Waals surface area contributed by atoms with Crippen LogP contribution in [0.2, 0.25) is 0 Å². The molecule has 0 saturated heterocycles. The van der Waals surface area contributed by atoms with E-state index < -0.39 is 0 Å². The van der Waals surface area contributed by atoms with Crippen LogP contribution in [-0.4, -0.2) is 17.5 Å². The van der Waals surface area contributed by atoms with Crippen molar-refractivity contribution >= 4 is 38.3 Å². The first kappa shape index (κ1) is 20.6. The third-order valence-corrected chi connectivity index (χ3v) is 5.63. The van der Waals surface area contributed by atoms with E-state index in [4.69, 9.17) is 4.74 Å². The van der Waals surface area contributed by atoms with Gasteiger partial charge in [0.1, 0.15) is 5.75 Å². The molecule has 146 valence electrons. The SMILES string of the molecule is Cc1sc(NC(=O)COc2ccccc2C(C)(C)C)nc1-c1ccc(Br)cc1. The number of carbonyl (C=O) groups excluding carboxylic acids is 1. The number of benzene rings is 2. The number of carbonyl (C=O) groups is 1. The van der Waals surface area contributed by atoms with Gasteiger partial charge >= 0.3 is 0 Å². The van der Waals surface area contributed by atoms with E-state index in [1.165, 1.54) is 11.3 Å². The summed E-state index contributed by atoms with van der Waals surface area (Å²) in [5, 5.41) is 3.42. The zero-order chi connectivity index (χ0) is 20.3. The summed E-state index contributed by atoms with van der Waals surface area (Å²) in [6.45, 7) is 8.31. The van der Waals surface area contributed by atoms with Crippen molar-refractivity contribution < 1.29 is 9.53 Å². The number of aromatic nitrogens is 1. The van der Waals surface area contributed by atoms with Crippen molar-refractivity contribution in [3.05, 3.63) is 63.4 Å². The molecule has 0 aliphatic rings. The second kappa shape index (κ2) is 8.45. The fraction of sp³-hybridized carbons (Fsp3) is 0.273. The monoisotopic (exact) mass is 458 g/mol. The van der Waals surface area contributed by atoms with Gasteiger partial charge in [-0.2, -0.15) is 0 Å². The van der Waals surface area contributed by atoms with Crippen LogP contribution in [0.1, 0.15) is 31.2 Å². The lowest BCUT2D eigenvalue weighted by atomic mass is 9.86. The smallest absolute Gasteiger partial charge is 0.264 e. The molecule has 0 aliphatic carbocycles. The number of halogens is 1. The molecule has 0 aliphatic heterocycles. The van der Waals surface area contributed by atoms with Crippen LogP contribution in [0.5, 0.6) is 5.75 Å². The van der Waals surface area contributed by atoms with Gasteiger partial charge in [-0.3, -0.25) is 10.1 Å². The Morgan fingerprint density at radius 2 is 1.82 bits per heavy atom. The van der Waals surface area contributed by atoms with Gasteiger partial charge in [0.15, 0.2) is 11.7 Å². The minimum Gasteiger partial charge on any atom is -0.483 e. The Morgan fingerprint density at radius 1 is 1.14 bits per heavy atom. The minimum atomic E-state index is -0.222. The van der Waals surface area contributed by atoms with Gasteiger partial charge in [0.2, 0.25) is 0 Å². The zero-order valence-corrected chi connectivity index (χ0v) is 18.8. The van der Waals surface area contributed by atoms with Gasteiger partial charge in [-0.25, -0.2) is 4.98 Å². The van der Waals surface area contributed by atoms with Crippen LogP contribution in [0.15, 0.2) is 53.0 Å². The average molecular weight is 459 g/mol. The van der Waals surface area contributed by atoms with Crippen molar-refractivity contribution in [1.82, 2.24) is 4.98 Å². The van der Waals surface area contributed by atoms with Crippen LogP contribution < -0.4 is 10.1 Å². The van der Waals surface area contributed by atoms with Crippen molar-refractivity contribution in [3.63, 3.8) is 0 Å². The van der Waals surface area contributed by atoms with Gasteiger partial charge < -0.3 is 4.74 Å². The highest BCUT2D eigenvalue weighted by Gasteiger charge is 2.19. The van der Waals surface area contributed by atoms with Crippen LogP contribution in [-0.2, 0) is 10.2 Å². The summed E-state index contributed by atoms with van der Waals surface area (Å²) in [5.41, 5.74) is 2.92. The molecule has 28 heavy (non-hydrogen) atoms. The van der Waals surface area contributed by atoms with E-state index in [1.807, 2.05) is 55.5 Å². The van der Waals surface area contributed by atoms with Crippen LogP contribution in [0.25, 0.3) is 11.3 Å². The Labute approximate surface area is 178 Å². The predicted octanol–water partition coefficient (Wildman–Crippen LogP) is 6.20. The summed E-state index contributed by atoms with van der Waals surface area (Å²) < 4.78 is 6.81. The molecule has 0 saturated carbocycles. The zero-order valence-electron chi connectivity index (χ0n) is 16.4. The number of ether oxygens (including phenoxy) is 1. The first-order valence-corrected chi connectivity index (χ1v) is 10.6. The topological polar surface area (TPSA) is 51.2 Å². The normalized spacial score (nSPS) is 11.3. The number of nitrogens with zero attached hydrogens (tertiary/aromatic N) is 1. The molecule has 0 atom stereocenters. The van der Waals surface area contributed by atoms with Crippen molar-refractivity contribution in [1.29, 1.82) is 0 Å². The van der Waals surface area contributed by atoms with E-state index >= 15 is 0 Å². The molecular weight excluding hydrogens is 436 g/mol. The van der Waals surface area contributed by atoms with Crippen molar-refractivity contribution in [2.75, 3.05) is 11.9 Å². The molecule has 1 amide bonds. The van der Waals surface area contributed by atoms with Crippen LogP contribution in [0.3, 0.4) is 0 Å². The summed E-state index contributed by atoms with van der Waals surface area (Å²) >= 11 is 4.90. The quantitative estimate of drug-likeness (QED) is 0.495. The maximum Gasteiger partial charge on any atom is 0.264 e. The number of rotatable bonds is 5. The summed E-state index contributed by atoms with van der Waals surface area (Å²) in [6, 6.07) is 15.8. The minimum absolute atomic E-state index is 0.0562. The lowest BCUT2D eigenvalue weighted by molar-refractivity contribution is -0.118. The molecule has 3 aromatic rings. The molecule has 0 radical (unpaired) electrons. The number of amides is 1. The Morgan fingerprint density at radius 3 is 2.50 bits per heavy atom. The highest BCUT2D eigenvalue weighted by molar-refractivity contribution is 9.10. The highest BCUT2D eigenvalue weighted by atomic mass is 79.9. The lowest BCUT2D eigenvalue weighted by Gasteiger charge is -2.22. The molecule has 0 unspecified atom stereocenters. The van der Waals surface area contributed by atoms with Gasteiger partial charge in [0.25, 0.3) is 5.91 Å². The Balaban J connectivity index is 1.67. The fourth-order valence-electron chi connectivity index (χ4n) is 2.84. The molecular formula is C22H23BrN2O2S. The number of hydrogen-bond acceptors (Lipinski definition) is 4. The van der Waals surface area contributed by atoms with Gasteiger partial charge in [0, 0.05) is 14.9 Å². The molecule has 1 heterocycles. The number of aryl methyl sites for hydroxylation is 1. The summed E-state index contributed by atoms with van der Waals surface area (Å²) in [7, 11) is 0. The largest absolute Gasteiger partial charge is 0.483 e. The van der Waals surface area contributed by atoms with E-state index in [0.717, 1.165) is 31.9 Å². The predicted molar refractivity (Wildman–Crippen MR) is 119 cm³/mol. The highest BCUT2D eigenvalue weighted by Crippen LogP contribution is 2.32. The third-order valence-electron chi connectivity index (χ3n) is 4.21. The van der Waals surface area contributed by atoms with E-state index in [9.17, 15) is 4.79 Å². The average Bonchev–Trinajstić information content (AvgIpc) is 3.00. The molecule has 4 nitrogen and oxygen atoms in total. The van der Waals surface area contributed by atoms with Gasteiger partial charge in [-0.05, 0) is 36.1 Å². The van der Waals surface area contributed by atoms with Crippen LogP contribution in [0.4, 0.5) is 5.13 Å². The number of hydrogen-bond donors (Lipinski definition) is 1. The molecule has 1 N–H and O–H groups in total. The van der Waals surface area contributed by atoms with E-state index in [2.05, 4.69) is 47.0 Å². The van der Waals surface area contributed by atoms with Gasteiger partial charge in [-0.1, -0.05) is 67.0 Å². The van der Waals surface area contributed by atoms with Gasteiger partial charge in [0.05, 0.1) is 5.69 Å². The molecule has 3 rings (SSSR count). The van der Waals surface area contributed by atoms with Crippen LogP contribution >= 0.6 is 27.3 Å². The van der Waals surface area contributed by atoms with E-state index in [0.29, 0.717) is 5.13 Å². The number of anilines is 1. The molecule has 0 fully saturated rings. The maximum atomic E-state index is 12.4. The van der Waals surface area contributed by atoms with Crippen molar-refractivity contribution in [2.24, 2.45) is 0 Å². The van der Waals surface area contributed by atoms with Gasteiger partial charge in [-0.15, -0.1) is 11.3 Å². The first-order chi connectivity index (χ1) is 13.2. The molecule has 0 spiro atoms. The second-order valence-electron chi connectivity index (χ2n) is 7.51. The Bertz CT molecular complexity index is 975. The molecule has 2 aromatic carbocycles. The summed E-state index contributed by atoms with van der Waals surface area (Å²) in [6.07, 6.45) is 0. The Hall–Kier alpha value is -2.18. The second-order valence-corrected chi connectivity index (χ2v) is 9.63. The molecule has 0 bridgehead atoms. The van der Waals surface area contributed by atoms with E-state index in [-0.39, 0.29) is 17.9 Å². The standard InChI is InChI=1S/C22H23BrN2O2S/c1-14-20(15-9-11-16(23)12-10-15)25-21(28-14)24-19(26)13-27-18-8-6-5-7-17(18)22(2,3)4/h5-12H,13H2,1-4H3,(H,24,25,26).